The Morgan fingerprint density at radius 2 is 2.23 bits per heavy atom. The van der Waals surface area contributed by atoms with Gasteiger partial charge in [-0.05, 0) is 31.5 Å². The second-order valence-corrected chi connectivity index (χ2v) is 8.27. The lowest BCUT2D eigenvalue weighted by Gasteiger charge is -2.17. The fraction of sp³-hybridized carbons (Fsp3) is 0.286. The van der Waals surface area contributed by atoms with E-state index < -0.39 is 10.0 Å². The first-order chi connectivity index (χ1) is 10.5. The summed E-state index contributed by atoms with van der Waals surface area (Å²) < 4.78 is 25.3. The highest BCUT2D eigenvalue weighted by molar-refractivity contribution is 7.93. The van der Waals surface area contributed by atoms with Crippen molar-refractivity contribution in [1.29, 1.82) is 0 Å². The zero-order valence-corrected chi connectivity index (χ0v) is 13.6. The lowest BCUT2D eigenvalue weighted by Crippen LogP contribution is -2.25. The van der Waals surface area contributed by atoms with Crippen LogP contribution in [0.1, 0.15) is 21.7 Å². The lowest BCUT2D eigenvalue weighted by molar-refractivity contribution is 0.102. The summed E-state index contributed by atoms with van der Waals surface area (Å²) in [6.45, 7) is 2.37. The molecule has 1 saturated heterocycles. The number of nitrogens with zero attached hydrogens (tertiary/aromatic N) is 2. The summed E-state index contributed by atoms with van der Waals surface area (Å²) in [5.41, 5.74) is 0.938. The summed E-state index contributed by atoms with van der Waals surface area (Å²) in [5, 5.41) is 3.25. The lowest BCUT2D eigenvalue weighted by atomic mass is 10.2. The molecule has 1 amide bonds. The third-order valence-corrected chi connectivity index (χ3v) is 6.04. The van der Waals surface area contributed by atoms with Crippen molar-refractivity contribution in [3.05, 3.63) is 40.9 Å². The van der Waals surface area contributed by atoms with Crippen LogP contribution in [0.3, 0.4) is 0 Å². The van der Waals surface area contributed by atoms with Crippen molar-refractivity contribution in [3.63, 3.8) is 0 Å². The number of nitrogens with one attached hydrogen (secondary N) is 1. The SMILES string of the molecule is Cc1cnc(NC(=O)c2cccc(N3CCCS3(=O)=O)c2)s1. The number of aryl methyl sites for hydroxylation is 1. The van der Waals surface area contributed by atoms with E-state index in [0.717, 1.165) is 4.88 Å². The van der Waals surface area contributed by atoms with E-state index in [1.54, 1.807) is 30.5 Å². The predicted octanol–water partition coefficient (Wildman–Crippen LogP) is 2.24. The number of thiazole rings is 1. The van der Waals surface area contributed by atoms with E-state index in [-0.39, 0.29) is 11.7 Å². The monoisotopic (exact) mass is 337 g/mol. The molecule has 3 rings (SSSR count). The number of benzene rings is 1. The van der Waals surface area contributed by atoms with E-state index in [9.17, 15) is 13.2 Å². The van der Waals surface area contributed by atoms with Crippen molar-refractivity contribution in [1.82, 2.24) is 4.98 Å². The van der Waals surface area contributed by atoms with Crippen molar-refractivity contribution >= 4 is 38.1 Å². The first-order valence-electron chi connectivity index (χ1n) is 6.80. The Balaban J connectivity index is 1.83. The maximum absolute atomic E-state index is 12.2. The Morgan fingerprint density at radius 3 is 2.86 bits per heavy atom. The Hall–Kier alpha value is -1.93. The number of anilines is 2. The van der Waals surface area contributed by atoms with Crippen LogP contribution in [0.2, 0.25) is 0 Å². The van der Waals surface area contributed by atoms with Gasteiger partial charge in [0.15, 0.2) is 5.13 Å². The quantitative estimate of drug-likeness (QED) is 0.931. The van der Waals surface area contributed by atoms with Gasteiger partial charge >= 0.3 is 0 Å². The van der Waals surface area contributed by atoms with Gasteiger partial charge in [-0.15, -0.1) is 11.3 Å². The standard InChI is InChI=1S/C14H15N3O3S2/c1-10-9-15-14(21-10)16-13(18)11-4-2-5-12(8-11)17-6-3-7-22(17,19)20/h2,4-5,8-9H,3,6-7H2,1H3,(H,15,16,18). The highest BCUT2D eigenvalue weighted by Crippen LogP contribution is 2.25. The molecule has 0 saturated carbocycles. The highest BCUT2D eigenvalue weighted by atomic mass is 32.2. The number of hydrogen-bond donors (Lipinski definition) is 1. The number of aromatic nitrogens is 1. The molecule has 22 heavy (non-hydrogen) atoms. The van der Waals surface area contributed by atoms with Crippen LogP contribution in [-0.4, -0.2) is 31.6 Å². The molecule has 0 spiro atoms. The van der Waals surface area contributed by atoms with Gasteiger partial charge in [-0.2, -0.15) is 0 Å². The van der Waals surface area contributed by atoms with Gasteiger partial charge in [0.25, 0.3) is 5.91 Å². The molecule has 0 atom stereocenters. The van der Waals surface area contributed by atoms with E-state index in [1.807, 2.05) is 6.92 Å². The fourth-order valence-electron chi connectivity index (χ4n) is 2.31. The maximum Gasteiger partial charge on any atom is 0.257 e. The minimum atomic E-state index is -3.25. The number of carbonyl (C=O) groups excluding carboxylic acids is 1. The van der Waals surface area contributed by atoms with Gasteiger partial charge in [-0.25, -0.2) is 13.4 Å². The molecule has 6 nitrogen and oxygen atoms in total. The van der Waals surface area contributed by atoms with Crippen LogP contribution >= 0.6 is 11.3 Å². The third kappa shape index (κ3) is 2.97. The van der Waals surface area contributed by atoms with Crippen molar-refractivity contribution in [3.8, 4) is 0 Å². The van der Waals surface area contributed by atoms with E-state index in [0.29, 0.717) is 29.3 Å². The highest BCUT2D eigenvalue weighted by Gasteiger charge is 2.28. The number of sulfonamides is 1. The van der Waals surface area contributed by atoms with Crippen LogP contribution in [0.15, 0.2) is 30.5 Å². The number of amides is 1. The summed E-state index contributed by atoms with van der Waals surface area (Å²) in [6, 6.07) is 6.64. The van der Waals surface area contributed by atoms with Crippen LogP contribution in [-0.2, 0) is 10.0 Å². The van der Waals surface area contributed by atoms with Crippen LogP contribution in [0, 0.1) is 6.92 Å². The largest absolute Gasteiger partial charge is 0.298 e. The summed E-state index contributed by atoms with van der Waals surface area (Å²) in [6.07, 6.45) is 2.30. The van der Waals surface area contributed by atoms with Gasteiger partial charge < -0.3 is 0 Å². The molecule has 0 bridgehead atoms. The molecule has 1 aromatic heterocycles. The van der Waals surface area contributed by atoms with Crippen molar-refractivity contribution in [2.45, 2.75) is 13.3 Å². The van der Waals surface area contributed by atoms with Gasteiger partial charge in [0.05, 0.1) is 11.4 Å². The minimum Gasteiger partial charge on any atom is -0.298 e. The van der Waals surface area contributed by atoms with Gasteiger partial charge in [0.2, 0.25) is 10.0 Å². The molecule has 2 heterocycles. The van der Waals surface area contributed by atoms with Gasteiger partial charge in [-0.3, -0.25) is 14.4 Å². The molecule has 2 aromatic rings. The Bertz CT molecular complexity index is 814. The Morgan fingerprint density at radius 1 is 1.41 bits per heavy atom. The van der Waals surface area contributed by atoms with Gasteiger partial charge in [-0.1, -0.05) is 6.07 Å². The third-order valence-electron chi connectivity index (χ3n) is 3.34. The second-order valence-electron chi connectivity index (χ2n) is 5.02. The van der Waals surface area contributed by atoms with Gasteiger partial charge in [0.1, 0.15) is 0 Å². The average Bonchev–Trinajstić information content (AvgIpc) is 3.04. The molecule has 1 aliphatic rings. The van der Waals surface area contributed by atoms with Crippen LogP contribution in [0.4, 0.5) is 10.8 Å². The Labute approximate surface area is 132 Å². The van der Waals surface area contributed by atoms with Crippen LogP contribution in [0.5, 0.6) is 0 Å². The molecule has 1 aromatic carbocycles. The molecule has 0 aliphatic carbocycles. The first kappa shape index (κ1) is 15.0. The minimum absolute atomic E-state index is 0.155. The van der Waals surface area contributed by atoms with E-state index in [4.69, 9.17) is 0 Å². The zero-order chi connectivity index (χ0) is 15.7. The van der Waals surface area contributed by atoms with E-state index in [1.165, 1.54) is 15.6 Å². The fourth-order valence-corrected chi connectivity index (χ4v) is 4.53. The summed E-state index contributed by atoms with van der Waals surface area (Å²) >= 11 is 1.39. The molecule has 8 heteroatoms. The average molecular weight is 337 g/mol. The van der Waals surface area contributed by atoms with Crippen molar-refractivity contribution < 1.29 is 13.2 Å². The van der Waals surface area contributed by atoms with Crippen LogP contribution in [0.25, 0.3) is 0 Å². The van der Waals surface area contributed by atoms with E-state index in [2.05, 4.69) is 10.3 Å². The molecule has 1 aliphatic heterocycles. The van der Waals surface area contributed by atoms with Crippen molar-refractivity contribution in [2.24, 2.45) is 0 Å². The molecular formula is C14H15N3O3S2. The molecular weight excluding hydrogens is 322 g/mol. The predicted molar refractivity (Wildman–Crippen MR) is 87.0 cm³/mol. The van der Waals surface area contributed by atoms with Crippen LogP contribution < -0.4 is 9.62 Å². The first-order valence-corrected chi connectivity index (χ1v) is 9.22. The summed E-state index contributed by atoms with van der Waals surface area (Å²) in [4.78, 5) is 17.3. The van der Waals surface area contributed by atoms with E-state index >= 15 is 0 Å². The number of rotatable bonds is 3. The second kappa shape index (κ2) is 5.69. The Kier molecular flexibility index (Phi) is 3.88. The summed E-state index contributed by atoms with van der Waals surface area (Å²) in [5.74, 6) is -0.144. The molecule has 1 fully saturated rings. The molecule has 0 unspecified atom stereocenters. The molecule has 116 valence electrons. The normalized spacial score (nSPS) is 16.7. The van der Waals surface area contributed by atoms with Crippen molar-refractivity contribution in [2.75, 3.05) is 21.9 Å². The number of carbonyl (C=O) groups is 1. The number of hydrogen-bond acceptors (Lipinski definition) is 5. The maximum atomic E-state index is 12.2. The van der Waals surface area contributed by atoms with Gasteiger partial charge in [0, 0.05) is 23.2 Å². The smallest absolute Gasteiger partial charge is 0.257 e. The zero-order valence-electron chi connectivity index (χ0n) is 11.9. The molecule has 0 radical (unpaired) electrons. The molecule has 1 N–H and O–H groups in total. The summed E-state index contributed by atoms with van der Waals surface area (Å²) in [7, 11) is -3.25. The topological polar surface area (TPSA) is 79.4 Å².